The lowest BCUT2D eigenvalue weighted by Crippen LogP contribution is -2.34. The van der Waals surface area contributed by atoms with Crippen LogP contribution in [0.1, 0.15) is 37.5 Å². The Balaban J connectivity index is 1.67. The molecular weight excluding hydrogens is 400 g/mol. The van der Waals surface area contributed by atoms with Crippen LogP contribution in [0.4, 0.5) is 5.69 Å². The van der Waals surface area contributed by atoms with Crippen molar-refractivity contribution in [2.45, 2.75) is 38.0 Å². The number of ether oxygens (including phenoxy) is 2. The number of anilines is 1. The normalized spacial score (nSPS) is 21.8. The Morgan fingerprint density at radius 2 is 1.87 bits per heavy atom. The summed E-state index contributed by atoms with van der Waals surface area (Å²) in [7, 11) is 0. The van der Waals surface area contributed by atoms with E-state index in [1.165, 1.54) is 11.8 Å². The van der Waals surface area contributed by atoms with E-state index in [0.717, 1.165) is 34.6 Å². The number of hydrazone groups is 1. The molecule has 0 fully saturated rings. The summed E-state index contributed by atoms with van der Waals surface area (Å²) in [5.74, 6) is 1.32. The van der Waals surface area contributed by atoms with Gasteiger partial charge in [0, 0.05) is 16.8 Å². The maximum absolute atomic E-state index is 12.4. The average molecular weight is 423 g/mol. The maximum Gasteiger partial charge on any atom is 0.264 e. The van der Waals surface area contributed by atoms with Crippen molar-refractivity contribution in [1.82, 2.24) is 5.01 Å². The van der Waals surface area contributed by atoms with E-state index in [9.17, 15) is 4.79 Å². The number of amides is 1. The van der Waals surface area contributed by atoms with Crippen molar-refractivity contribution in [2.24, 2.45) is 10.1 Å². The fourth-order valence-electron chi connectivity index (χ4n) is 3.74. The first-order valence-corrected chi connectivity index (χ1v) is 10.6. The summed E-state index contributed by atoms with van der Waals surface area (Å²) in [5.41, 5.74) is 10.4. The zero-order valence-corrected chi connectivity index (χ0v) is 17.8. The summed E-state index contributed by atoms with van der Waals surface area (Å²) in [4.78, 5) is 16.7. The van der Waals surface area contributed by atoms with Crippen molar-refractivity contribution >= 4 is 34.2 Å². The van der Waals surface area contributed by atoms with Crippen LogP contribution in [0.3, 0.4) is 0 Å². The minimum absolute atomic E-state index is 0.00310. The van der Waals surface area contributed by atoms with Crippen LogP contribution < -0.4 is 15.2 Å². The molecule has 1 unspecified atom stereocenters. The largest absolute Gasteiger partial charge is 0.454 e. The summed E-state index contributed by atoms with van der Waals surface area (Å²) in [6.07, 6.45) is 0.724. The quantitative estimate of drug-likeness (QED) is 0.709. The molecule has 5 rings (SSSR count). The van der Waals surface area contributed by atoms with Gasteiger partial charge in [-0.25, -0.2) is 5.01 Å². The molecule has 0 aromatic heterocycles. The zero-order chi connectivity index (χ0) is 21.0. The highest BCUT2D eigenvalue weighted by molar-refractivity contribution is 8.16. The molecule has 2 aromatic carbocycles. The van der Waals surface area contributed by atoms with Gasteiger partial charge in [0.25, 0.3) is 5.91 Å². The van der Waals surface area contributed by atoms with E-state index in [0.29, 0.717) is 16.6 Å². The Kier molecular flexibility index (Phi) is 4.28. The molecule has 0 saturated carbocycles. The second-order valence-electron chi connectivity index (χ2n) is 8.14. The van der Waals surface area contributed by atoms with Gasteiger partial charge in [-0.3, -0.25) is 4.79 Å². The molecule has 3 heterocycles. The number of amidine groups is 1. The molecule has 3 aliphatic rings. The topological polar surface area (TPSA) is 89.5 Å². The van der Waals surface area contributed by atoms with E-state index in [4.69, 9.17) is 20.3 Å². The highest BCUT2D eigenvalue weighted by atomic mass is 32.2. The highest BCUT2D eigenvalue weighted by Crippen LogP contribution is 2.40. The molecule has 0 saturated heterocycles. The molecule has 7 nitrogen and oxygen atoms in total. The lowest BCUT2D eigenvalue weighted by Gasteiger charge is -2.25. The third-order valence-electron chi connectivity index (χ3n) is 5.43. The Morgan fingerprint density at radius 3 is 2.53 bits per heavy atom. The number of hydrogen-bond acceptors (Lipinski definition) is 7. The summed E-state index contributed by atoms with van der Waals surface area (Å²) in [6, 6.07) is 11.6. The summed E-state index contributed by atoms with van der Waals surface area (Å²) < 4.78 is 10.6. The highest BCUT2D eigenvalue weighted by Gasteiger charge is 2.40. The lowest BCUT2D eigenvalue weighted by atomic mass is 9.94. The molecule has 0 bridgehead atoms. The van der Waals surface area contributed by atoms with Gasteiger partial charge in [-0.2, -0.15) is 10.1 Å². The second-order valence-corrected chi connectivity index (χ2v) is 9.73. The first-order valence-electron chi connectivity index (χ1n) is 9.80. The van der Waals surface area contributed by atoms with Crippen LogP contribution in [0.15, 0.2) is 46.5 Å². The number of fused-ring (bicyclic) bond motifs is 2. The number of carbonyl (C=O) groups is 1. The molecule has 2 aromatic rings. The van der Waals surface area contributed by atoms with Crippen LogP contribution in [0.2, 0.25) is 0 Å². The third kappa shape index (κ3) is 3.11. The number of nitrogen functional groups attached to an aromatic ring is 1. The van der Waals surface area contributed by atoms with E-state index in [1.54, 1.807) is 0 Å². The van der Waals surface area contributed by atoms with Crippen molar-refractivity contribution in [1.29, 1.82) is 0 Å². The molecule has 3 aliphatic heterocycles. The fourth-order valence-corrected chi connectivity index (χ4v) is 4.77. The molecule has 1 atom stereocenters. The van der Waals surface area contributed by atoms with Crippen LogP contribution in [-0.4, -0.2) is 39.4 Å². The molecule has 30 heavy (non-hydrogen) atoms. The first kappa shape index (κ1) is 19.0. The smallest absolute Gasteiger partial charge is 0.264 e. The lowest BCUT2D eigenvalue weighted by molar-refractivity contribution is -0.119. The van der Waals surface area contributed by atoms with Crippen molar-refractivity contribution < 1.29 is 14.3 Å². The SMILES string of the molecule is CC1Cc2cc3c(cc2C(c2ccc(N)cc2)=NN1C1=NC(=O)C(C)(C)S1)OCO3. The summed E-state index contributed by atoms with van der Waals surface area (Å²) in [5, 5.41) is 7.51. The molecule has 154 valence electrons. The van der Waals surface area contributed by atoms with E-state index in [2.05, 4.69) is 11.9 Å². The van der Waals surface area contributed by atoms with Crippen molar-refractivity contribution in [2.75, 3.05) is 12.5 Å². The Hall–Kier alpha value is -3.00. The standard InChI is InChI=1S/C22H22N4O3S/c1-12-8-14-9-17-18(29-11-28-17)10-16(14)19(13-4-6-15(23)7-5-13)25-26(12)21-24-20(27)22(2,3)30-21/h4-7,9-10,12H,8,11,23H2,1-3H3. The predicted molar refractivity (Wildman–Crippen MR) is 118 cm³/mol. The van der Waals surface area contributed by atoms with Crippen LogP contribution in [-0.2, 0) is 11.2 Å². The minimum atomic E-state index is -0.589. The number of thioether (sulfide) groups is 1. The van der Waals surface area contributed by atoms with Gasteiger partial charge in [-0.15, -0.1) is 0 Å². The predicted octanol–water partition coefficient (Wildman–Crippen LogP) is 3.40. The molecule has 1 amide bonds. The van der Waals surface area contributed by atoms with Gasteiger partial charge in [-0.05, 0) is 57.0 Å². The molecule has 8 heteroatoms. The van der Waals surface area contributed by atoms with Gasteiger partial charge in [0.1, 0.15) is 0 Å². The monoisotopic (exact) mass is 422 g/mol. The number of aliphatic imine (C=N–C) groups is 1. The maximum atomic E-state index is 12.4. The Bertz CT molecular complexity index is 1110. The van der Waals surface area contributed by atoms with Gasteiger partial charge in [0.15, 0.2) is 16.7 Å². The van der Waals surface area contributed by atoms with Crippen LogP contribution in [0.25, 0.3) is 0 Å². The van der Waals surface area contributed by atoms with Gasteiger partial charge >= 0.3 is 0 Å². The number of rotatable bonds is 1. The molecule has 0 aliphatic carbocycles. The van der Waals surface area contributed by atoms with Crippen molar-refractivity contribution in [3.63, 3.8) is 0 Å². The number of hydrogen-bond donors (Lipinski definition) is 1. The Labute approximate surface area is 178 Å². The van der Waals surface area contributed by atoms with Gasteiger partial charge < -0.3 is 15.2 Å². The van der Waals surface area contributed by atoms with Gasteiger partial charge in [0.2, 0.25) is 6.79 Å². The fraction of sp³-hybridized carbons (Fsp3) is 0.318. The molecule has 0 spiro atoms. The third-order valence-corrected chi connectivity index (χ3v) is 6.58. The minimum Gasteiger partial charge on any atom is -0.454 e. The Morgan fingerprint density at radius 1 is 1.17 bits per heavy atom. The second kappa shape index (κ2) is 6.77. The van der Waals surface area contributed by atoms with Crippen LogP contribution in [0, 0.1) is 0 Å². The van der Waals surface area contributed by atoms with E-state index < -0.39 is 4.75 Å². The average Bonchev–Trinajstić information content (AvgIpc) is 3.22. The van der Waals surface area contributed by atoms with E-state index >= 15 is 0 Å². The molecular formula is C22H22N4O3S. The van der Waals surface area contributed by atoms with Crippen LogP contribution >= 0.6 is 11.8 Å². The zero-order valence-electron chi connectivity index (χ0n) is 17.0. The van der Waals surface area contributed by atoms with Crippen LogP contribution in [0.5, 0.6) is 11.5 Å². The molecule has 2 N–H and O–H groups in total. The van der Waals surface area contributed by atoms with E-state index in [-0.39, 0.29) is 18.7 Å². The van der Waals surface area contributed by atoms with Crippen molar-refractivity contribution in [3.8, 4) is 11.5 Å². The van der Waals surface area contributed by atoms with Gasteiger partial charge in [-0.1, -0.05) is 23.9 Å². The van der Waals surface area contributed by atoms with Gasteiger partial charge in [0.05, 0.1) is 16.5 Å². The summed E-state index contributed by atoms with van der Waals surface area (Å²) >= 11 is 1.45. The number of benzene rings is 2. The molecule has 0 radical (unpaired) electrons. The van der Waals surface area contributed by atoms with Crippen molar-refractivity contribution in [3.05, 3.63) is 53.1 Å². The first-order chi connectivity index (χ1) is 14.3. The van der Waals surface area contributed by atoms with E-state index in [1.807, 2.05) is 55.3 Å². The number of carbonyl (C=O) groups excluding carboxylic acids is 1. The number of nitrogens with two attached hydrogens (primary N) is 1. The number of nitrogens with zero attached hydrogens (tertiary/aromatic N) is 3. The summed E-state index contributed by atoms with van der Waals surface area (Å²) in [6.45, 7) is 6.08.